The van der Waals surface area contributed by atoms with E-state index in [2.05, 4.69) is 137 Å². The Kier molecular flexibility index (Phi) is 10.4. The molecule has 1 N–H and O–H groups in total. The summed E-state index contributed by atoms with van der Waals surface area (Å²) in [6.07, 6.45) is 5.40. The number of nitrogens with one attached hydrogen (secondary N) is 1. The van der Waals surface area contributed by atoms with Crippen molar-refractivity contribution in [2.24, 2.45) is 0 Å². The van der Waals surface area contributed by atoms with Gasteiger partial charge in [-0.2, -0.15) is 5.10 Å². The molecule has 8 nitrogen and oxygen atoms in total. The Morgan fingerprint density at radius 3 is 1.98 bits per heavy atom. The second-order valence-electron chi connectivity index (χ2n) is 14.2. The lowest BCUT2D eigenvalue weighted by molar-refractivity contribution is 0.178. The van der Waals surface area contributed by atoms with E-state index < -0.39 is 5.54 Å². The number of hydrogen-bond donors (Lipinski definition) is 1. The predicted molar refractivity (Wildman–Crippen MR) is 222 cm³/mol. The van der Waals surface area contributed by atoms with Crippen molar-refractivity contribution in [3.05, 3.63) is 172 Å². The molecule has 0 bridgehead atoms. The number of imidazole rings is 1. The van der Waals surface area contributed by atoms with Gasteiger partial charge in [0.25, 0.3) is 0 Å². The van der Waals surface area contributed by atoms with Gasteiger partial charge in [-0.25, -0.2) is 4.98 Å². The third kappa shape index (κ3) is 6.43. The van der Waals surface area contributed by atoms with Crippen LogP contribution >= 0.6 is 11.6 Å². The Morgan fingerprint density at radius 2 is 1.42 bits per heavy atom. The molecular weight excluding hydrogens is 704 g/mol. The van der Waals surface area contributed by atoms with Crippen LogP contribution in [0.15, 0.2) is 128 Å². The Morgan fingerprint density at radius 1 is 0.800 bits per heavy atom. The number of aromatic amines is 1. The molecule has 1 fully saturated rings. The second-order valence-corrected chi connectivity index (χ2v) is 14.6. The maximum atomic E-state index is 6.52. The van der Waals surface area contributed by atoms with Gasteiger partial charge in [0.1, 0.15) is 11.4 Å². The predicted octanol–water partition coefficient (Wildman–Crippen LogP) is 9.44. The van der Waals surface area contributed by atoms with Gasteiger partial charge >= 0.3 is 0 Å². The summed E-state index contributed by atoms with van der Waals surface area (Å²) in [5, 5.41) is 10.3. The molecule has 0 radical (unpaired) electrons. The molecule has 0 spiro atoms. The van der Waals surface area contributed by atoms with Crippen LogP contribution in [0.3, 0.4) is 0 Å². The highest BCUT2D eigenvalue weighted by Crippen LogP contribution is 2.45. The summed E-state index contributed by atoms with van der Waals surface area (Å²) in [6.45, 7) is 7.97. The SMILES string of the molecule is CCC(c1n[nH]c2cc(OC)c(OC)c(Cc3nccn3C(c3ccccc3)(c3ccccc3)c3ccccc3)c12)N1CCN(c2cccc(Cl)c2C)CC1. The van der Waals surface area contributed by atoms with Gasteiger partial charge < -0.3 is 18.9 Å². The number of benzene rings is 5. The van der Waals surface area contributed by atoms with Crippen LogP contribution in [0.1, 0.15) is 58.7 Å². The molecule has 0 amide bonds. The van der Waals surface area contributed by atoms with Gasteiger partial charge in [0, 0.05) is 72.7 Å². The molecular formula is C46H47ClN6O2. The molecule has 1 aliphatic heterocycles. The van der Waals surface area contributed by atoms with Gasteiger partial charge in [0.05, 0.1) is 31.5 Å². The van der Waals surface area contributed by atoms with Crippen molar-refractivity contribution >= 4 is 28.2 Å². The summed E-state index contributed by atoms with van der Waals surface area (Å²) in [5.41, 5.74) is 7.94. The van der Waals surface area contributed by atoms with Crippen molar-refractivity contribution in [2.45, 2.75) is 38.3 Å². The number of hydrogen-bond acceptors (Lipinski definition) is 6. The molecule has 8 rings (SSSR count). The second kappa shape index (κ2) is 15.7. The molecule has 280 valence electrons. The zero-order chi connectivity index (χ0) is 37.9. The number of methoxy groups -OCH3 is 2. The minimum absolute atomic E-state index is 0.0880. The fourth-order valence-electron chi connectivity index (χ4n) is 8.76. The normalized spacial score (nSPS) is 14.3. The summed E-state index contributed by atoms with van der Waals surface area (Å²) in [5.74, 6) is 2.22. The lowest BCUT2D eigenvalue weighted by Gasteiger charge is -2.40. The van der Waals surface area contributed by atoms with Crippen LogP contribution in [0.4, 0.5) is 5.69 Å². The summed E-state index contributed by atoms with van der Waals surface area (Å²) in [7, 11) is 3.41. The first-order chi connectivity index (χ1) is 27.0. The van der Waals surface area contributed by atoms with Gasteiger partial charge in [-0.1, -0.05) is 116 Å². The Labute approximate surface area is 328 Å². The first kappa shape index (κ1) is 36.4. The highest BCUT2D eigenvalue weighted by Gasteiger charge is 2.40. The van der Waals surface area contributed by atoms with Crippen molar-refractivity contribution in [1.82, 2.24) is 24.6 Å². The standard InChI is InChI=1S/C46H47ClN6O2/c1-5-39(51-26-28-52(29-27-51)40-23-15-22-37(47)32(40)2)44-43-36(45(55-4)41(54-3)31-38(43)49-50-44)30-42-48-24-25-53(42)46(33-16-9-6-10-17-33,34-18-11-7-12-19-34)35-20-13-8-14-21-35/h6-25,31,39H,5,26-30H2,1-4H3,(H,49,50). The van der Waals surface area contributed by atoms with Gasteiger partial charge in [0.2, 0.25) is 0 Å². The number of anilines is 1. The smallest absolute Gasteiger partial charge is 0.165 e. The van der Waals surface area contributed by atoms with Crippen molar-refractivity contribution in [1.29, 1.82) is 0 Å². The van der Waals surface area contributed by atoms with Crippen LogP contribution < -0.4 is 14.4 Å². The van der Waals surface area contributed by atoms with E-state index in [-0.39, 0.29) is 6.04 Å². The van der Waals surface area contributed by atoms with Crippen molar-refractivity contribution in [2.75, 3.05) is 45.3 Å². The first-order valence-electron chi connectivity index (χ1n) is 19.0. The minimum Gasteiger partial charge on any atom is -0.493 e. The zero-order valence-electron chi connectivity index (χ0n) is 31.9. The van der Waals surface area contributed by atoms with Gasteiger partial charge in [-0.15, -0.1) is 0 Å². The number of H-pyrrole nitrogens is 1. The quantitative estimate of drug-likeness (QED) is 0.126. The number of nitrogens with zero attached hydrogens (tertiary/aromatic N) is 5. The van der Waals surface area contributed by atoms with Crippen LogP contribution in [0.5, 0.6) is 11.5 Å². The van der Waals surface area contributed by atoms with Gasteiger partial charge in [-0.3, -0.25) is 10.00 Å². The number of halogens is 1. The summed E-state index contributed by atoms with van der Waals surface area (Å²) in [6, 6.07) is 40.4. The lowest BCUT2D eigenvalue weighted by atomic mass is 9.76. The zero-order valence-corrected chi connectivity index (χ0v) is 32.6. The van der Waals surface area contributed by atoms with Crippen LogP contribution in [0.25, 0.3) is 10.9 Å². The molecule has 1 aliphatic rings. The topological polar surface area (TPSA) is 71.4 Å². The van der Waals surface area contributed by atoms with E-state index in [1.54, 1.807) is 14.2 Å². The van der Waals surface area contributed by atoms with E-state index in [1.807, 2.05) is 24.4 Å². The highest BCUT2D eigenvalue weighted by molar-refractivity contribution is 6.31. The largest absolute Gasteiger partial charge is 0.493 e. The average Bonchev–Trinajstić information content (AvgIpc) is 3.88. The lowest BCUT2D eigenvalue weighted by Crippen LogP contribution is -2.48. The number of ether oxygens (including phenoxy) is 2. The van der Waals surface area contributed by atoms with Crippen molar-refractivity contribution in [3.8, 4) is 11.5 Å². The molecule has 0 aliphatic carbocycles. The Bertz CT molecular complexity index is 2270. The number of rotatable bonds is 12. The fraction of sp³-hybridized carbons (Fsp3) is 0.261. The van der Waals surface area contributed by atoms with Gasteiger partial charge in [-0.05, 0) is 47.7 Å². The molecule has 55 heavy (non-hydrogen) atoms. The van der Waals surface area contributed by atoms with E-state index in [4.69, 9.17) is 31.2 Å². The molecule has 9 heteroatoms. The van der Waals surface area contributed by atoms with Crippen LogP contribution in [0, 0.1) is 6.92 Å². The van der Waals surface area contributed by atoms with Crippen LogP contribution in [-0.4, -0.2) is 65.0 Å². The number of fused-ring (bicyclic) bond motifs is 1. The molecule has 7 aromatic rings. The van der Waals surface area contributed by atoms with E-state index in [0.717, 1.165) is 87.9 Å². The fourth-order valence-corrected chi connectivity index (χ4v) is 8.93. The monoisotopic (exact) mass is 750 g/mol. The molecule has 3 heterocycles. The van der Waals surface area contributed by atoms with E-state index in [1.165, 1.54) is 5.69 Å². The first-order valence-corrected chi connectivity index (χ1v) is 19.4. The molecule has 5 aromatic carbocycles. The Balaban J connectivity index is 1.25. The number of aromatic nitrogens is 4. The van der Waals surface area contributed by atoms with Gasteiger partial charge in [0.15, 0.2) is 11.5 Å². The molecule has 1 saturated heterocycles. The maximum absolute atomic E-state index is 6.52. The third-order valence-electron chi connectivity index (χ3n) is 11.3. The number of piperazine rings is 1. The van der Waals surface area contributed by atoms with E-state index >= 15 is 0 Å². The van der Waals surface area contributed by atoms with E-state index in [0.29, 0.717) is 17.9 Å². The molecule has 1 atom stereocenters. The maximum Gasteiger partial charge on any atom is 0.165 e. The van der Waals surface area contributed by atoms with Crippen molar-refractivity contribution < 1.29 is 9.47 Å². The Hall–Kier alpha value is -5.57. The average molecular weight is 751 g/mol. The van der Waals surface area contributed by atoms with Crippen LogP contribution in [0.2, 0.25) is 5.02 Å². The third-order valence-corrected chi connectivity index (χ3v) is 11.8. The summed E-state index contributed by atoms with van der Waals surface area (Å²) < 4.78 is 14.5. The molecule has 2 aromatic heterocycles. The highest BCUT2D eigenvalue weighted by atomic mass is 35.5. The molecule has 1 unspecified atom stereocenters. The molecule has 0 saturated carbocycles. The van der Waals surface area contributed by atoms with Crippen LogP contribution in [-0.2, 0) is 12.0 Å². The minimum atomic E-state index is -0.715. The summed E-state index contributed by atoms with van der Waals surface area (Å²) in [4.78, 5) is 10.1. The van der Waals surface area contributed by atoms with E-state index in [9.17, 15) is 0 Å². The summed E-state index contributed by atoms with van der Waals surface area (Å²) >= 11 is 6.52. The van der Waals surface area contributed by atoms with Crippen molar-refractivity contribution in [3.63, 3.8) is 0 Å².